The Hall–Kier alpha value is -2.95. The maximum Gasteiger partial charge on any atom is 0.274 e. The third-order valence-electron chi connectivity index (χ3n) is 4.54. The normalized spacial score (nSPS) is 13.3. The van der Waals surface area contributed by atoms with Crippen molar-refractivity contribution in [1.29, 1.82) is 0 Å². The molecule has 0 aliphatic carbocycles. The number of benzene rings is 2. The van der Waals surface area contributed by atoms with E-state index in [1.54, 1.807) is 13.1 Å². The highest BCUT2D eigenvalue weighted by atomic mass is 16.2. The van der Waals surface area contributed by atoms with Gasteiger partial charge in [-0.05, 0) is 24.1 Å². The Labute approximate surface area is 139 Å². The van der Waals surface area contributed by atoms with Crippen molar-refractivity contribution < 1.29 is 4.79 Å². The Kier molecular flexibility index (Phi) is 3.41. The molecule has 0 spiro atoms. The van der Waals surface area contributed by atoms with E-state index in [1.165, 1.54) is 10.2 Å². The monoisotopic (exact) mass is 319 g/mol. The first-order valence-electron chi connectivity index (χ1n) is 7.98. The number of carbonyl (C=O) groups excluding carboxylic acids is 1. The van der Waals surface area contributed by atoms with Crippen LogP contribution >= 0.6 is 0 Å². The molecule has 1 aliphatic heterocycles. The summed E-state index contributed by atoms with van der Waals surface area (Å²) < 4.78 is 1.31. The quantitative estimate of drug-likeness (QED) is 0.726. The second-order valence-corrected chi connectivity index (χ2v) is 6.02. The summed E-state index contributed by atoms with van der Waals surface area (Å²) in [5.74, 6) is 0.0104. The van der Waals surface area contributed by atoms with E-state index < -0.39 is 0 Å². The molecule has 0 unspecified atom stereocenters. The zero-order valence-electron chi connectivity index (χ0n) is 13.4. The number of aromatic nitrogens is 2. The van der Waals surface area contributed by atoms with Gasteiger partial charge in [0.25, 0.3) is 5.56 Å². The molecule has 0 radical (unpaired) electrons. The average molecular weight is 319 g/mol. The molecule has 3 aromatic rings. The van der Waals surface area contributed by atoms with Crippen molar-refractivity contribution in [3.05, 3.63) is 70.1 Å². The van der Waals surface area contributed by atoms with Gasteiger partial charge in [-0.15, -0.1) is 0 Å². The summed E-state index contributed by atoms with van der Waals surface area (Å²) in [4.78, 5) is 26.8. The van der Waals surface area contributed by atoms with Crippen LogP contribution in [0.3, 0.4) is 0 Å². The van der Waals surface area contributed by atoms with Crippen LogP contribution in [0.1, 0.15) is 11.3 Å². The molecule has 1 amide bonds. The lowest BCUT2D eigenvalue weighted by Crippen LogP contribution is -2.31. The van der Waals surface area contributed by atoms with E-state index in [1.807, 2.05) is 41.3 Å². The first kappa shape index (κ1) is 14.6. The largest absolute Gasteiger partial charge is 0.311 e. The molecule has 4 rings (SSSR count). The van der Waals surface area contributed by atoms with Crippen molar-refractivity contribution in [3.8, 4) is 0 Å². The molecule has 0 fully saturated rings. The predicted octanol–water partition coefficient (Wildman–Crippen LogP) is 2.07. The predicted molar refractivity (Wildman–Crippen MR) is 93.2 cm³/mol. The molecular formula is C19H17N3O2. The van der Waals surface area contributed by atoms with Crippen molar-refractivity contribution in [1.82, 2.24) is 9.78 Å². The summed E-state index contributed by atoms with van der Waals surface area (Å²) in [5, 5.41) is 5.67. The van der Waals surface area contributed by atoms with Crippen molar-refractivity contribution in [3.63, 3.8) is 0 Å². The van der Waals surface area contributed by atoms with Gasteiger partial charge >= 0.3 is 0 Å². The summed E-state index contributed by atoms with van der Waals surface area (Å²) in [6.45, 7) is 0.696. The highest BCUT2D eigenvalue weighted by Gasteiger charge is 2.25. The maximum atomic E-state index is 12.8. The fourth-order valence-corrected chi connectivity index (χ4v) is 3.34. The van der Waals surface area contributed by atoms with Gasteiger partial charge in [0.15, 0.2) is 0 Å². The van der Waals surface area contributed by atoms with Gasteiger partial charge in [0.05, 0.1) is 17.5 Å². The summed E-state index contributed by atoms with van der Waals surface area (Å²) in [7, 11) is 1.62. The van der Waals surface area contributed by atoms with Crippen LogP contribution in [0.2, 0.25) is 0 Å². The van der Waals surface area contributed by atoms with Crippen LogP contribution in [0.4, 0.5) is 5.69 Å². The topological polar surface area (TPSA) is 55.2 Å². The number of nitrogens with zero attached hydrogens (tertiary/aromatic N) is 3. The van der Waals surface area contributed by atoms with Crippen molar-refractivity contribution in [2.45, 2.75) is 12.8 Å². The number of amides is 1. The van der Waals surface area contributed by atoms with Crippen LogP contribution < -0.4 is 10.5 Å². The first-order chi connectivity index (χ1) is 11.6. The number of hydrogen-bond acceptors (Lipinski definition) is 3. The molecule has 1 aliphatic rings. The number of carbonyl (C=O) groups is 1. The van der Waals surface area contributed by atoms with Crippen LogP contribution in [0.25, 0.3) is 10.8 Å². The summed E-state index contributed by atoms with van der Waals surface area (Å²) >= 11 is 0. The van der Waals surface area contributed by atoms with E-state index in [0.29, 0.717) is 17.6 Å². The summed E-state index contributed by atoms with van der Waals surface area (Å²) in [6, 6.07) is 15.3. The Morgan fingerprint density at radius 2 is 1.79 bits per heavy atom. The molecule has 0 saturated heterocycles. The molecule has 2 heterocycles. The summed E-state index contributed by atoms with van der Waals surface area (Å²) in [5.41, 5.74) is 2.68. The highest BCUT2D eigenvalue weighted by molar-refractivity contribution is 5.98. The molecule has 0 bridgehead atoms. The fraction of sp³-hybridized carbons (Fsp3) is 0.211. The second-order valence-electron chi connectivity index (χ2n) is 6.02. The third kappa shape index (κ3) is 2.29. The molecule has 2 aromatic carbocycles. The minimum absolute atomic E-state index is 0.0104. The standard InChI is InChI=1S/C19H17N3O2/c1-21-19(24)15-8-4-3-7-14(15)16(20-21)12-18(23)22-11-10-13-6-2-5-9-17(13)22/h2-9H,10-12H2,1H3. The lowest BCUT2D eigenvalue weighted by Gasteiger charge is -2.17. The Balaban J connectivity index is 1.72. The Morgan fingerprint density at radius 3 is 2.62 bits per heavy atom. The number of hydrogen-bond donors (Lipinski definition) is 0. The molecule has 5 nitrogen and oxygen atoms in total. The lowest BCUT2D eigenvalue weighted by atomic mass is 10.1. The number of aryl methyl sites for hydroxylation is 1. The van der Waals surface area contributed by atoms with Crippen LogP contribution in [-0.2, 0) is 24.7 Å². The molecule has 120 valence electrons. The van der Waals surface area contributed by atoms with Gasteiger partial charge in [-0.3, -0.25) is 9.59 Å². The minimum atomic E-state index is -0.145. The molecule has 5 heteroatoms. The van der Waals surface area contributed by atoms with Crippen LogP contribution in [0, 0.1) is 0 Å². The van der Waals surface area contributed by atoms with Gasteiger partial charge in [-0.25, -0.2) is 4.68 Å². The van der Waals surface area contributed by atoms with Crippen molar-refractivity contribution in [2.24, 2.45) is 7.05 Å². The van der Waals surface area contributed by atoms with Gasteiger partial charge < -0.3 is 4.90 Å². The minimum Gasteiger partial charge on any atom is -0.311 e. The molecule has 0 N–H and O–H groups in total. The van der Waals surface area contributed by atoms with Gasteiger partial charge in [0.1, 0.15) is 0 Å². The second kappa shape index (κ2) is 5.60. The number of para-hydroxylation sites is 1. The lowest BCUT2D eigenvalue weighted by molar-refractivity contribution is -0.117. The highest BCUT2D eigenvalue weighted by Crippen LogP contribution is 2.28. The number of anilines is 1. The maximum absolute atomic E-state index is 12.8. The molecule has 24 heavy (non-hydrogen) atoms. The van der Waals surface area contributed by atoms with E-state index in [0.717, 1.165) is 17.5 Å². The van der Waals surface area contributed by atoms with Crippen LogP contribution in [0.5, 0.6) is 0 Å². The van der Waals surface area contributed by atoms with Gasteiger partial charge in [-0.2, -0.15) is 5.10 Å². The van der Waals surface area contributed by atoms with Gasteiger partial charge in [0.2, 0.25) is 5.91 Å². The molecule has 0 saturated carbocycles. The van der Waals surface area contributed by atoms with Crippen molar-refractivity contribution >= 4 is 22.4 Å². The van der Waals surface area contributed by atoms with E-state index in [4.69, 9.17) is 0 Å². The SMILES string of the molecule is Cn1nc(CC(=O)N2CCc3ccccc32)c2ccccc2c1=O. The van der Waals surface area contributed by atoms with Gasteiger partial charge in [-0.1, -0.05) is 36.4 Å². The first-order valence-corrected chi connectivity index (χ1v) is 7.98. The molecular weight excluding hydrogens is 302 g/mol. The average Bonchev–Trinajstić information content (AvgIpc) is 3.03. The van der Waals surface area contributed by atoms with E-state index in [9.17, 15) is 9.59 Å². The van der Waals surface area contributed by atoms with Crippen molar-refractivity contribution in [2.75, 3.05) is 11.4 Å². The van der Waals surface area contributed by atoms with E-state index in [2.05, 4.69) is 11.2 Å². The Morgan fingerprint density at radius 1 is 1.08 bits per heavy atom. The Bertz CT molecular complexity index is 1010. The number of fused-ring (bicyclic) bond motifs is 2. The van der Waals surface area contributed by atoms with E-state index >= 15 is 0 Å². The summed E-state index contributed by atoms with van der Waals surface area (Å²) in [6.07, 6.45) is 1.06. The van der Waals surface area contributed by atoms with Crippen LogP contribution in [-0.4, -0.2) is 22.2 Å². The zero-order valence-corrected chi connectivity index (χ0v) is 13.4. The van der Waals surface area contributed by atoms with Crippen LogP contribution in [0.15, 0.2) is 53.3 Å². The van der Waals surface area contributed by atoms with Gasteiger partial charge in [0, 0.05) is 24.7 Å². The smallest absolute Gasteiger partial charge is 0.274 e. The number of rotatable bonds is 2. The third-order valence-corrected chi connectivity index (χ3v) is 4.54. The molecule has 1 aromatic heterocycles. The zero-order chi connectivity index (χ0) is 16.7. The fourth-order valence-electron chi connectivity index (χ4n) is 3.34. The molecule has 0 atom stereocenters. The van der Waals surface area contributed by atoms with E-state index in [-0.39, 0.29) is 17.9 Å².